The number of carbonyl (C=O) groups is 1. The van der Waals surface area contributed by atoms with Gasteiger partial charge in [0.25, 0.3) is 0 Å². The molecular weight excluding hydrogens is 232 g/mol. The Morgan fingerprint density at radius 2 is 2.11 bits per heavy atom. The molecule has 0 saturated heterocycles. The Kier molecular flexibility index (Phi) is 5.02. The molecule has 0 amide bonds. The molecule has 5 heteroatoms. The van der Waals surface area contributed by atoms with E-state index in [-0.39, 0.29) is 18.1 Å². The van der Waals surface area contributed by atoms with E-state index in [2.05, 4.69) is 10.1 Å². The molecule has 0 aliphatic heterocycles. The monoisotopic (exact) mass is 254 g/mol. The zero-order valence-electron chi connectivity index (χ0n) is 11.8. The molecule has 1 heterocycles. The van der Waals surface area contributed by atoms with Crippen LogP contribution in [-0.2, 0) is 21.6 Å². The van der Waals surface area contributed by atoms with Gasteiger partial charge in [0.2, 0.25) is 11.7 Å². The molecule has 5 nitrogen and oxygen atoms in total. The summed E-state index contributed by atoms with van der Waals surface area (Å²) in [6, 6.07) is 0. The van der Waals surface area contributed by atoms with Gasteiger partial charge in [-0.3, -0.25) is 4.79 Å². The number of aromatic nitrogens is 2. The molecule has 1 atom stereocenters. The van der Waals surface area contributed by atoms with Crippen LogP contribution >= 0.6 is 0 Å². The van der Waals surface area contributed by atoms with E-state index in [1.54, 1.807) is 0 Å². The fraction of sp³-hybridized carbons (Fsp3) is 0.769. The van der Waals surface area contributed by atoms with E-state index in [1.165, 1.54) is 0 Å². The van der Waals surface area contributed by atoms with Crippen LogP contribution in [0.5, 0.6) is 0 Å². The van der Waals surface area contributed by atoms with Crippen LogP contribution in [0.15, 0.2) is 4.52 Å². The van der Waals surface area contributed by atoms with Gasteiger partial charge in [0, 0.05) is 12.5 Å². The summed E-state index contributed by atoms with van der Waals surface area (Å²) >= 11 is 0. The lowest BCUT2D eigenvalue weighted by atomic mass is 10.0. The minimum absolute atomic E-state index is 0.0233. The summed E-state index contributed by atoms with van der Waals surface area (Å²) in [6.07, 6.45) is 0.939. The van der Waals surface area contributed by atoms with Gasteiger partial charge < -0.3 is 9.26 Å². The van der Waals surface area contributed by atoms with E-state index < -0.39 is 5.60 Å². The van der Waals surface area contributed by atoms with E-state index in [9.17, 15) is 4.79 Å². The first-order chi connectivity index (χ1) is 8.42. The van der Waals surface area contributed by atoms with Gasteiger partial charge in [0.05, 0.1) is 6.42 Å². The molecule has 0 N–H and O–H groups in total. The molecule has 1 aromatic heterocycles. The average molecular weight is 254 g/mol. The molecule has 0 bridgehead atoms. The molecule has 0 spiro atoms. The normalized spacial score (nSPS) is 14.8. The molecule has 0 fully saturated rings. The summed E-state index contributed by atoms with van der Waals surface area (Å²) in [5, 5.41) is 3.93. The van der Waals surface area contributed by atoms with Gasteiger partial charge in [-0.2, -0.15) is 4.98 Å². The van der Waals surface area contributed by atoms with Crippen molar-refractivity contribution in [2.75, 3.05) is 6.61 Å². The van der Waals surface area contributed by atoms with Gasteiger partial charge in [-0.05, 0) is 20.3 Å². The molecule has 18 heavy (non-hydrogen) atoms. The molecule has 1 aromatic rings. The topological polar surface area (TPSA) is 65.2 Å². The quantitative estimate of drug-likeness (QED) is 0.748. The average Bonchev–Trinajstić information content (AvgIpc) is 2.78. The van der Waals surface area contributed by atoms with Crippen molar-refractivity contribution < 1.29 is 14.1 Å². The number of ketones is 1. The lowest BCUT2D eigenvalue weighted by Crippen LogP contribution is -2.26. The number of ether oxygens (including phenoxy) is 1. The molecule has 0 radical (unpaired) electrons. The first-order valence-electron chi connectivity index (χ1n) is 6.42. The van der Waals surface area contributed by atoms with Crippen LogP contribution < -0.4 is 0 Å². The maximum Gasteiger partial charge on any atom is 0.234 e. The van der Waals surface area contributed by atoms with E-state index in [4.69, 9.17) is 9.26 Å². The summed E-state index contributed by atoms with van der Waals surface area (Å²) in [5.74, 6) is 0.950. The van der Waals surface area contributed by atoms with Gasteiger partial charge in [0.15, 0.2) is 0 Å². The van der Waals surface area contributed by atoms with Crippen molar-refractivity contribution in [3.8, 4) is 0 Å². The second kappa shape index (κ2) is 6.09. The maximum absolute atomic E-state index is 11.6. The molecule has 1 unspecified atom stereocenters. The van der Waals surface area contributed by atoms with Gasteiger partial charge >= 0.3 is 0 Å². The van der Waals surface area contributed by atoms with Crippen molar-refractivity contribution in [1.29, 1.82) is 0 Å². The molecule has 1 rings (SSSR count). The van der Waals surface area contributed by atoms with Gasteiger partial charge in [-0.1, -0.05) is 25.9 Å². The third-order valence-electron chi connectivity index (χ3n) is 3.05. The lowest BCUT2D eigenvalue weighted by Gasteiger charge is -2.23. The highest BCUT2D eigenvalue weighted by atomic mass is 16.5. The van der Waals surface area contributed by atoms with Crippen molar-refractivity contribution in [3.05, 3.63) is 11.7 Å². The van der Waals surface area contributed by atoms with E-state index in [0.29, 0.717) is 18.3 Å². The van der Waals surface area contributed by atoms with Crippen LogP contribution in [0.2, 0.25) is 0 Å². The van der Waals surface area contributed by atoms with Crippen molar-refractivity contribution in [1.82, 2.24) is 10.1 Å². The Hall–Kier alpha value is -1.23. The predicted octanol–water partition coefficient (Wildman–Crippen LogP) is 2.50. The first kappa shape index (κ1) is 14.8. The van der Waals surface area contributed by atoms with Crippen LogP contribution in [0.25, 0.3) is 0 Å². The number of Topliss-reactive ketones (excluding diaryl/α,β-unsaturated/α-hetero) is 1. The van der Waals surface area contributed by atoms with Crippen LogP contribution in [0.4, 0.5) is 0 Å². The lowest BCUT2D eigenvalue weighted by molar-refractivity contribution is -0.121. The third kappa shape index (κ3) is 3.38. The van der Waals surface area contributed by atoms with Crippen LogP contribution in [-0.4, -0.2) is 22.5 Å². The number of carbonyl (C=O) groups excluding carboxylic acids is 1. The molecule has 0 aromatic carbocycles. The summed E-state index contributed by atoms with van der Waals surface area (Å²) in [7, 11) is 0. The molecule has 0 aliphatic rings. The second-order valence-corrected chi connectivity index (χ2v) is 4.83. The largest absolute Gasteiger partial charge is 0.367 e. The Balaban J connectivity index is 2.82. The number of hydrogen-bond donors (Lipinski definition) is 0. The number of rotatable bonds is 7. The summed E-state index contributed by atoms with van der Waals surface area (Å²) in [6.45, 7) is 10.2. The zero-order valence-corrected chi connectivity index (χ0v) is 11.8. The molecular formula is C13H22N2O3. The maximum atomic E-state index is 11.6. The Morgan fingerprint density at radius 1 is 1.44 bits per heavy atom. The van der Waals surface area contributed by atoms with Crippen LogP contribution in [0.3, 0.4) is 0 Å². The van der Waals surface area contributed by atoms with Crippen LogP contribution in [0, 0.1) is 5.92 Å². The van der Waals surface area contributed by atoms with Gasteiger partial charge in [0.1, 0.15) is 11.4 Å². The standard InChI is InChI=1S/C13H22N2O3/c1-6-13(5,17-7-2)12-14-11(18-15-12)8-10(16)9(3)4/h9H,6-8H2,1-5H3. The summed E-state index contributed by atoms with van der Waals surface area (Å²) in [4.78, 5) is 15.9. The third-order valence-corrected chi connectivity index (χ3v) is 3.05. The number of hydrogen-bond acceptors (Lipinski definition) is 5. The zero-order chi connectivity index (χ0) is 13.8. The smallest absolute Gasteiger partial charge is 0.234 e. The SMILES string of the molecule is CCOC(C)(CC)c1noc(CC(=O)C(C)C)n1. The van der Waals surface area contributed by atoms with E-state index in [0.717, 1.165) is 6.42 Å². The Labute approximate surface area is 108 Å². The summed E-state index contributed by atoms with van der Waals surface area (Å²) in [5.41, 5.74) is -0.544. The highest BCUT2D eigenvalue weighted by molar-refractivity contribution is 5.81. The summed E-state index contributed by atoms with van der Waals surface area (Å²) < 4.78 is 10.8. The van der Waals surface area contributed by atoms with Crippen LogP contribution in [0.1, 0.15) is 52.8 Å². The predicted molar refractivity (Wildman–Crippen MR) is 67.1 cm³/mol. The van der Waals surface area contributed by atoms with Crippen molar-refractivity contribution in [2.45, 2.75) is 53.1 Å². The molecule has 102 valence electrons. The second-order valence-electron chi connectivity index (χ2n) is 4.83. The van der Waals surface area contributed by atoms with Crippen molar-refractivity contribution >= 4 is 5.78 Å². The van der Waals surface area contributed by atoms with Gasteiger partial charge in [-0.25, -0.2) is 0 Å². The van der Waals surface area contributed by atoms with E-state index in [1.807, 2.05) is 34.6 Å². The number of nitrogens with zero attached hydrogens (tertiary/aromatic N) is 2. The minimum atomic E-state index is -0.544. The van der Waals surface area contributed by atoms with Crippen molar-refractivity contribution in [3.63, 3.8) is 0 Å². The minimum Gasteiger partial charge on any atom is -0.367 e. The fourth-order valence-electron chi connectivity index (χ4n) is 1.54. The Bertz CT molecular complexity index is 401. The molecule has 0 aliphatic carbocycles. The Morgan fingerprint density at radius 3 is 2.61 bits per heavy atom. The van der Waals surface area contributed by atoms with E-state index >= 15 is 0 Å². The highest BCUT2D eigenvalue weighted by Crippen LogP contribution is 2.26. The molecule has 0 saturated carbocycles. The highest BCUT2D eigenvalue weighted by Gasteiger charge is 2.31. The fourth-order valence-corrected chi connectivity index (χ4v) is 1.54. The first-order valence-corrected chi connectivity index (χ1v) is 6.42. The van der Waals surface area contributed by atoms with Crippen molar-refractivity contribution in [2.24, 2.45) is 5.92 Å². The van der Waals surface area contributed by atoms with Gasteiger partial charge in [-0.15, -0.1) is 0 Å².